The van der Waals surface area contributed by atoms with E-state index in [1.807, 2.05) is 54.6 Å². The summed E-state index contributed by atoms with van der Waals surface area (Å²) in [5, 5.41) is 21.1. The van der Waals surface area contributed by atoms with Crippen LogP contribution in [0, 0.1) is 11.3 Å². The van der Waals surface area contributed by atoms with Crippen molar-refractivity contribution < 1.29 is 19.4 Å². The van der Waals surface area contributed by atoms with E-state index in [0.717, 1.165) is 27.5 Å². The number of rotatable bonds is 7. The molecule has 0 atom stereocenters. The summed E-state index contributed by atoms with van der Waals surface area (Å²) in [5.74, 6) is 0.0683. The summed E-state index contributed by atoms with van der Waals surface area (Å²) in [4.78, 5) is 11.2. The Morgan fingerprint density at radius 3 is 2.48 bits per heavy atom. The average molecular weight is 435 g/mol. The SMILES string of the molecule is COc1cc(/C=C(/C#N)c2ccc3ccccc3c2)ccc1OCc1cccc(C(=O)O)c1. The van der Waals surface area contributed by atoms with Gasteiger partial charge in [-0.2, -0.15) is 5.26 Å². The number of hydrogen-bond donors (Lipinski definition) is 1. The first-order valence-electron chi connectivity index (χ1n) is 10.3. The summed E-state index contributed by atoms with van der Waals surface area (Å²) in [6.07, 6.45) is 1.81. The van der Waals surface area contributed by atoms with Gasteiger partial charge < -0.3 is 14.6 Å². The van der Waals surface area contributed by atoms with E-state index in [1.165, 1.54) is 6.07 Å². The molecule has 0 fully saturated rings. The van der Waals surface area contributed by atoms with E-state index in [2.05, 4.69) is 6.07 Å². The Balaban J connectivity index is 1.57. The van der Waals surface area contributed by atoms with Gasteiger partial charge in [0.2, 0.25) is 0 Å². The Bertz CT molecular complexity index is 1400. The third-order valence-corrected chi connectivity index (χ3v) is 5.25. The van der Waals surface area contributed by atoms with E-state index in [4.69, 9.17) is 14.6 Å². The third-order valence-electron chi connectivity index (χ3n) is 5.25. The minimum absolute atomic E-state index is 0.202. The summed E-state index contributed by atoms with van der Waals surface area (Å²) in [5.41, 5.74) is 3.14. The molecule has 0 saturated carbocycles. The van der Waals surface area contributed by atoms with Crippen molar-refractivity contribution in [3.63, 3.8) is 0 Å². The lowest BCUT2D eigenvalue weighted by molar-refractivity contribution is 0.0696. The van der Waals surface area contributed by atoms with Crippen LogP contribution in [0.5, 0.6) is 11.5 Å². The number of benzene rings is 4. The van der Waals surface area contributed by atoms with Gasteiger partial charge in [-0.15, -0.1) is 0 Å². The first-order chi connectivity index (χ1) is 16.1. The summed E-state index contributed by atoms with van der Waals surface area (Å²) < 4.78 is 11.3. The Labute approximate surface area is 191 Å². The number of allylic oxidation sites excluding steroid dienone is 1. The Kier molecular flexibility index (Phi) is 6.38. The summed E-state index contributed by atoms with van der Waals surface area (Å²) in [6, 6.07) is 28.3. The van der Waals surface area contributed by atoms with Crippen molar-refractivity contribution >= 4 is 28.4 Å². The number of nitriles is 1. The molecule has 0 spiro atoms. The molecule has 0 aliphatic heterocycles. The lowest BCUT2D eigenvalue weighted by atomic mass is 10.00. The van der Waals surface area contributed by atoms with E-state index in [0.29, 0.717) is 17.1 Å². The van der Waals surface area contributed by atoms with Gasteiger partial charge in [-0.3, -0.25) is 0 Å². The molecule has 0 amide bonds. The predicted octanol–water partition coefficient (Wildman–Crippen LogP) is 6.19. The molecule has 0 unspecified atom stereocenters. The highest BCUT2D eigenvalue weighted by Gasteiger charge is 2.09. The van der Waals surface area contributed by atoms with E-state index in [-0.39, 0.29) is 12.2 Å². The van der Waals surface area contributed by atoms with Gasteiger partial charge >= 0.3 is 5.97 Å². The molecule has 0 saturated heterocycles. The zero-order valence-corrected chi connectivity index (χ0v) is 18.0. The smallest absolute Gasteiger partial charge is 0.335 e. The molecule has 0 heterocycles. The number of carboxylic acid groups (broad SMARTS) is 1. The fourth-order valence-electron chi connectivity index (χ4n) is 3.55. The monoisotopic (exact) mass is 435 g/mol. The van der Waals surface area contributed by atoms with Crippen molar-refractivity contribution in [2.24, 2.45) is 0 Å². The fraction of sp³-hybridized carbons (Fsp3) is 0.0714. The van der Waals surface area contributed by atoms with Crippen molar-refractivity contribution in [2.75, 3.05) is 7.11 Å². The van der Waals surface area contributed by atoms with Crippen LogP contribution in [0.2, 0.25) is 0 Å². The van der Waals surface area contributed by atoms with Gasteiger partial charge in [0, 0.05) is 0 Å². The van der Waals surface area contributed by atoms with Crippen molar-refractivity contribution in [2.45, 2.75) is 6.61 Å². The molecule has 0 aromatic heterocycles. The second-order valence-electron chi connectivity index (χ2n) is 7.44. The topological polar surface area (TPSA) is 79.5 Å². The van der Waals surface area contributed by atoms with Crippen molar-refractivity contribution in [1.29, 1.82) is 5.26 Å². The normalized spacial score (nSPS) is 11.1. The molecule has 4 rings (SSSR count). The second kappa shape index (κ2) is 9.71. The number of fused-ring (bicyclic) bond motifs is 1. The average Bonchev–Trinajstić information content (AvgIpc) is 2.86. The van der Waals surface area contributed by atoms with Crippen LogP contribution in [0.15, 0.2) is 84.9 Å². The van der Waals surface area contributed by atoms with Gasteiger partial charge in [-0.1, -0.05) is 54.6 Å². The highest BCUT2D eigenvalue weighted by Crippen LogP contribution is 2.31. The lowest BCUT2D eigenvalue weighted by Gasteiger charge is -2.12. The first-order valence-corrected chi connectivity index (χ1v) is 10.3. The number of carboxylic acids is 1. The molecule has 5 heteroatoms. The lowest BCUT2D eigenvalue weighted by Crippen LogP contribution is -2.01. The van der Waals surface area contributed by atoms with Crippen LogP contribution in [-0.4, -0.2) is 18.2 Å². The highest BCUT2D eigenvalue weighted by atomic mass is 16.5. The number of ether oxygens (including phenoxy) is 2. The maximum atomic E-state index is 11.2. The highest BCUT2D eigenvalue weighted by molar-refractivity contribution is 5.94. The number of nitrogens with zero attached hydrogens (tertiary/aromatic N) is 1. The van der Waals surface area contributed by atoms with Crippen LogP contribution in [0.3, 0.4) is 0 Å². The first kappa shape index (κ1) is 21.7. The maximum Gasteiger partial charge on any atom is 0.335 e. The van der Waals surface area contributed by atoms with Gasteiger partial charge in [-0.25, -0.2) is 4.79 Å². The molecule has 4 aromatic rings. The molecule has 0 aliphatic rings. The van der Waals surface area contributed by atoms with E-state index in [1.54, 1.807) is 37.4 Å². The predicted molar refractivity (Wildman–Crippen MR) is 128 cm³/mol. The summed E-state index contributed by atoms with van der Waals surface area (Å²) in [7, 11) is 1.55. The Morgan fingerprint density at radius 2 is 1.73 bits per heavy atom. The number of carbonyl (C=O) groups is 1. The van der Waals surface area contributed by atoms with Gasteiger partial charge in [-0.05, 0) is 63.9 Å². The van der Waals surface area contributed by atoms with Crippen molar-refractivity contribution in [3.8, 4) is 17.6 Å². The number of methoxy groups -OCH3 is 1. The largest absolute Gasteiger partial charge is 0.493 e. The molecular weight excluding hydrogens is 414 g/mol. The van der Waals surface area contributed by atoms with Crippen molar-refractivity contribution in [3.05, 3.63) is 107 Å². The number of hydrogen-bond acceptors (Lipinski definition) is 4. The Morgan fingerprint density at radius 1 is 0.909 bits per heavy atom. The van der Waals surface area contributed by atoms with Crippen LogP contribution in [0.4, 0.5) is 0 Å². The van der Waals surface area contributed by atoms with E-state index >= 15 is 0 Å². The third kappa shape index (κ3) is 5.03. The van der Waals surface area contributed by atoms with Crippen LogP contribution >= 0.6 is 0 Å². The van der Waals surface area contributed by atoms with E-state index in [9.17, 15) is 10.1 Å². The van der Waals surface area contributed by atoms with Crippen LogP contribution < -0.4 is 9.47 Å². The molecule has 4 aromatic carbocycles. The minimum atomic E-state index is -0.981. The van der Waals surface area contributed by atoms with Crippen LogP contribution in [-0.2, 0) is 6.61 Å². The number of aromatic carboxylic acids is 1. The molecule has 162 valence electrons. The fourth-order valence-corrected chi connectivity index (χ4v) is 3.55. The molecule has 1 N–H and O–H groups in total. The van der Waals surface area contributed by atoms with Crippen LogP contribution in [0.1, 0.15) is 27.0 Å². The van der Waals surface area contributed by atoms with Gasteiger partial charge in [0.25, 0.3) is 0 Å². The quantitative estimate of drug-likeness (QED) is 0.277. The summed E-state index contributed by atoms with van der Waals surface area (Å²) >= 11 is 0. The molecule has 33 heavy (non-hydrogen) atoms. The van der Waals surface area contributed by atoms with Gasteiger partial charge in [0.1, 0.15) is 6.61 Å². The zero-order chi connectivity index (χ0) is 23.2. The molecule has 5 nitrogen and oxygen atoms in total. The van der Waals surface area contributed by atoms with Gasteiger partial charge in [0.05, 0.1) is 24.3 Å². The second-order valence-corrected chi connectivity index (χ2v) is 7.44. The minimum Gasteiger partial charge on any atom is -0.493 e. The van der Waals surface area contributed by atoms with Gasteiger partial charge in [0.15, 0.2) is 11.5 Å². The maximum absolute atomic E-state index is 11.2. The molecular formula is C28H21NO4. The van der Waals surface area contributed by atoms with Crippen molar-refractivity contribution in [1.82, 2.24) is 0 Å². The standard InChI is InChI=1S/C28H21NO4/c1-32-27-15-19(9-12-26(27)33-18-20-5-4-8-24(14-20)28(30)31)13-25(17-29)23-11-10-21-6-2-3-7-22(21)16-23/h2-16H,18H2,1H3,(H,30,31)/b25-13-. The van der Waals surface area contributed by atoms with E-state index < -0.39 is 5.97 Å². The molecule has 0 aliphatic carbocycles. The molecule has 0 radical (unpaired) electrons. The Hall–Kier alpha value is -4.56. The summed E-state index contributed by atoms with van der Waals surface area (Å²) in [6.45, 7) is 0.202. The van der Waals surface area contributed by atoms with Crippen LogP contribution in [0.25, 0.3) is 22.4 Å². The zero-order valence-electron chi connectivity index (χ0n) is 18.0. The molecule has 0 bridgehead atoms.